The highest BCUT2D eigenvalue weighted by Crippen LogP contribution is 2.22. The van der Waals surface area contributed by atoms with Gasteiger partial charge in [0, 0.05) is 23.4 Å². The Morgan fingerprint density at radius 2 is 1.92 bits per heavy atom. The summed E-state index contributed by atoms with van der Waals surface area (Å²) in [5.41, 5.74) is 2.66. The number of hydrogen-bond acceptors (Lipinski definition) is 4. The molecule has 1 aromatic heterocycles. The molecule has 0 aliphatic heterocycles. The fourth-order valence-electron chi connectivity index (χ4n) is 2.36. The SMILES string of the molecule is C=CC(=O)Nc1ccc(CCC(=O)NC(C)c2csc(C(C)C)n2)cc1. The van der Waals surface area contributed by atoms with Crippen LogP contribution in [-0.4, -0.2) is 16.8 Å². The Morgan fingerprint density at radius 3 is 2.50 bits per heavy atom. The van der Waals surface area contributed by atoms with Crippen molar-refractivity contribution in [3.05, 3.63) is 58.6 Å². The van der Waals surface area contributed by atoms with Crippen molar-refractivity contribution < 1.29 is 9.59 Å². The molecule has 0 aliphatic rings. The van der Waals surface area contributed by atoms with Crippen LogP contribution in [0.4, 0.5) is 5.69 Å². The van der Waals surface area contributed by atoms with Gasteiger partial charge in [0.1, 0.15) is 0 Å². The smallest absolute Gasteiger partial charge is 0.247 e. The van der Waals surface area contributed by atoms with Crippen LogP contribution < -0.4 is 10.6 Å². The van der Waals surface area contributed by atoms with Gasteiger partial charge in [0.25, 0.3) is 0 Å². The second-order valence-corrected chi connectivity index (χ2v) is 7.33. The zero-order valence-electron chi connectivity index (χ0n) is 15.4. The molecule has 0 saturated carbocycles. The van der Waals surface area contributed by atoms with Gasteiger partial charge in [0.2, 0.25) is 11.8 Å². The summed E-state index contributed by atoms with van der Waals surface area (Å²) in [6.45, 7) is 9.59. The number of hydrogen-bond donors (Lipinski definition) is 2. The van der Waals surface area contributed by atoms with Crippen molar-refractivity contribution in [3.63, 3.8) is 0 Å². The minimum atomic E-state index is -0.242. The van der Waals surface area contributed by atoms with Gasteiger partial charge in [0.05, 0.1) is 16.7 Å². The highest BCUT2D eigenvalue weighted by molar-refractivity contribution is 7.09. The molecule has 1 atom stereocenters. The molecule has 2 amide bonds. The van der Waals surface area contributed by atoms with E-state index in [9.17, 15) is 9.59 Å². The number of rotatable bonds is 8. The minimum absolute atomic E-state index is 0.000587. The van der Waals surface area contributed by atoms with Crippen LogP contribution in [-0.2, 0) is 16.0 Å². The van der Waals surface area contributed by atoms with Crippen LogP contribution in [0.15, 0.2) is 42.3 Å². The van der Waals surface area contributed by atoms with E-state index in [2.05, 4.69) is 36.0 Å². The zero-order chi connectivity index (χ0) is 19.1. The van der Waals surface area contributed by atoms with E-state index in [1.165, 1.54) is 6.08 Å². The molecule has 0 radical (unpaired) electrons. The van der Waals surface area contributed by atoms with Gasteiger partial charge in [-0.25, -0.2) is 4.98 Å². The van der Waals surface area contributed by atoms with Crippen LogP contribution in [0.1, 0.15) is 55.4 Å². The number of thiazole rings is 1. The Morgan fingerprint density at radius 1 is 1.23 bits per heavy atom. The molecule has 0 saturated heterocycles. The van der Waals surface area contributed by atoms with E-state index in [-0.39, 0.29) is 17.9 Å². The fourth-order valence-corrected chi connectivity index (χ4v) is 3.29. The molecule has 26 heavy (non-hydrogen) atoms. The van der Waals surface area contributed by atoms with E-state index in [0.717, 1.165) is 16.3 Å². The maximum atomic E-state index is 12.2. The van der Waals surface area contributed by atoms with Gasteiger partial charge in [-0.2, -0.15) is 0 Å². The second-order valence-electron chi connectivity index (χ2n) is 6.44. The molecular formula is C20H25N3O2S. The van der Waals surface area contributed by atoms with Crippen LogP contribution in [0.25, 0.3) is 0 Å². The molecule has 0 spiro atoms. The average molecular weight is 372 g/mol. The fraction of sp³-hybridized carbons (Fsp3) is 0.350. The highest BCUT2D eigenvalue weighted by Gasteiger charge is 2.14. The average Bonchev–Trinajstić information content (AvgIpc) is 3.11. The van der Waals surface area contributed by atoms with Gasteiger partial charge < -0.3 is 10.6 Å². The van der Waals surface area contributed by atoms with Gasteiger partial charge in [0.15, 0.2) is 0 Å². The molecule has 1 heterocycles. The summed E-state index contributed by atoms with van der Waals surface area (Å²) in [4.78, 5) is 28.0. The quantitative estimate of drug-likeness (QED) is 0.683. The van der Waals surface area contributed by atoms with Crippen molar-refractivity contribution in [1.82, 2.24) is 10.3 Å². The maximum Gasteiger partial charge on any atom is 0.247 e. The van der Waals surface area contributed by atoms with Crippen LogP contribution in [0, 0.1) is 0 Å². The summed E-state index contributed by atoms with van der Waals surface area (Å²) in [6, 6.07) is 7.36. The maximum absolute atomic E-state index is 12.2. The first-order valence-corrected chi connectivity index (χ1v) is 9.54. The van der Waals surface area contributed by atoms with Crippen molar-refractivity contribution in [2.45, 2.75) is 45.6 Å². The first-order chi connectivity index (χ1) is 12.4. The van der Waals surface area contributed by atoms with E-state index in [1.807, 2.05) is 36.6 Å². The van der Waals surface area contributed by atoms with Gasteiger partial charge in [-0.15, -0.1) is 11.3 Å². The molecular weight excluding hydrogens is 346 g/mol. The number of nitrogens with one attached hydrogen (secondary N) is 2. The monoisotopic (exact) mass is 371 g/mol. The Kier molecular flexibility index (Phi) is 7.09. The Labute approximate surface area is 158 Å². The summed E-state index contributed by atoms with van der Waals surface area (Å²) in [7, 11) is 0. The first kappa shape index (κ1) is 19.8. The lowest BCUT2D eigenvalue weighted by Gasteiger charge is -2.12. The molecule has 1 unspecified atom stereocenters. The molecule has 0 aliphatic carbocycles. The third-order valence-electron chi connectivity index (χ3n) is 3.90. The third-order valence-corrected chi connectivity index (χ3v) is 5.07. The number of anilines is 1. The lowest BCUT2D eigenvalue weighted by Crippen LogP contribution is -2.27. The van der Waals surface area contributed by atoms with E-state index >= 15 is 0 Å². The van der Waals surface area contributed by atoms with E-state index in [4.69, 9.17) is 0 Å². The largest absolute Gasteiger partial charge is 0.348 e. The van der Waals surface area contributed by atoms with Crippen molar-refractivity contribution in [3.8, 4) is 0 Å². The standard InChI is InChI=1S/C20H25N3O2S/c1-5-18(24)22-16-9-6-15(7-10-16)8-11-19(25)21-14(4)17-12-26-20(23-17)13(2)3/h5-7,9-10,12-14H,1,8,11H2,2-4H3,(H,21,25)(H,22,24). The number of carbonyl (C=O) groups excluding carboxylic acids is 2. The molecule has 1 aromatic carbocycles. The van der Waals surface area contributed by atoms with Gasteiger partial charge in [-0.3, -0.25) is 9.59 Å². The third kappa shape index (κ3) is 5.81. The molecule has 6 heteroatoms. The normalized spacial score (nSPS) is 11.8. The second kappa shape index (κ2) is 9.29. The zero-order valence-corrected chi connectivity index (χ0v) is 16.2. The highest BCUT2D eigenvalue weighted by atomic mass is 32.1. The van der Waals surface area contributed by atoms with Gasteiger partial charge >= 0.3 is 0 Å². The number of amides is 2. The van der Waals surface area contributed by atoms with Crippen LogP contribution in [0.5, 0.6) is 0 Å². The molecule has 2 aromatic rings. The molecule has 138 valence electrons. The number of aryl methyl sites for hydroxylation is 1. The van der Waals surface area contributed by atoms with Crippen LogP contribution in [0.3, 0.4) is 0 Å². The molecule has 2 N–H and O–H groups in total. The number of aromatic nitrogens is 1. The number of benzene rings is 1. The molecule has 0 fully saturated rings. The van der Waals surface area contributed by atoms with Gasteiger partial charge in [-0.05, 0) is 37.1 Å². The summed E-state index contributed by atoms with van der Waals surface area (Å²) >= 11 is 1.63. The molecule has 2 rings (SSSR count). The molecule has 0 bridgehead atoms. The summed E-state index contributed by atoms with van der Waals surface area (Å²) < 4.78 is 0. The van der Waals surface area contributed by atoms with Crippen molar-refractivity contribution in [2.24, 2.45) is 0 Å². The van der Waals surface area contributed by atoms with Gasteiger partial charge in [-0.1, -0.05) is 32.6 Å². The Balaban J connectivity index is 1.82. The number of nitrogens with zero attached hydrogens (tertiary/aromatic N) is 1. The van der Waals surface area contributed by atoms with Crippen molar-refractivity contribution in [2.75, 3.05) is 5.32 Å². The summed E-state index contributed by atoms with van der Waals surface area (Å²) in [5.74, 6) is 0.158. The minimum Gasteiger partial charge on any atom is -0.348 e. The lowest BCUT2D eigenvalue weighted by molar-refractivity contribution is -0.121. The van der Waals surface area contributed by atoms with E-state index < -0.39 is 0 Å². The summed E-state index contributed by atoms with van der Waals surface area (Å²) in [6.07, 6.45) is 2.28. The topological polar surface area (TPSA) is 71.1 Å². The lowest BCUT2D eigenvalue weighted by atomic mass is 10.1. The van der Waals surface area contributed by atoms with E-state index in [1.54, 1.807) is 11.3 Å². The Hall–Kier alpha value is -2.47. The van der Waals surface area contributed by atoms with Crippen molar-refractivity contribution >= 4 is 28.8 Å². The molecule has 5 nitrogen and oxygen atoms in total. The first-order valence-electron chi connectivity index (χ1n) is 8.66. The predicted octanol–water partition coefficient (Wildman–Crippen LogP) is 4.20. The van der Waals surface area contributed by atoms with Crippen LogP contribution in [0.2, 0.25) is 0 Å². The van der Waals surface area contributed by atoms with Crippen LogP contribution >= 0.6 is 11.3 Å². The predicted molar refractivity (Wildman–Crippen MR) is 106 cm³/mol. The Bertz CT molecular complexity index is 766. The summed E-state index contributed by atoms with van der Waals surface area (Å²) in [5, 5.41) is 8.79. The van der Waals surface area contributed by atoms with Crippen molar-refractivity contribution in [1.29, 1.82) is 0 Å². The van der Waals surface area contributed by atoms with E-state index in [0.29, 0.717) is 24.4 Å². The number of carbonyl (C=O) groups is 2.